The Morgan fingerprint density at radius 3 is 2.52 bits per heavy atom. The fourth-order valence-corrected chi connectivity index (χ4v) is 3.04. The number of carbonyl (C=O) groups excluding carboxylic acids is 2. The summed E-state index contributed by atoms with van der Waals surface area (Å²) in [4.78, 5) is 49.5. The summed E-state index contributed by atoms with van der Waals surface area (Å²) in [6.45, 7) is 1.30. The molecule has 2 aromatic rings. The largest absolute Gasteiger partial charge is 0.339 e. The predicted molar refractivity (Wildman–Crippen MR) is 97.9 cm³/mol. The van der Waals surface area contributed by atoms with Crippen LogP contribution in [0, 0.1) is 10.1 Å². The second kappa shape index (κ2) is 7.40. The van der Waals surface area contributed by atoms with Crippen LogP contribution < -0.4 is 10.9 Å². The molecule has 0 radical (unpaired) electrons. The number of nitrogens with zero attached hydrogens (tertiary/aromatic N) is 3. The zero-order valence-corrected chi connectivity index (χ0v) is 14.7. The van der Waals surface area contributed by atoms with Crippen LogP contribution in [0.2, 0.25) is 0 Å². The van der Waals surface area contributed by atoms with Gasteiger partial charge in [0.1, 0.15) is 11.3 Å². The molecular formula is C18H18N4O5. The van der Waals surface area contributed by atoms with Crippen LogP contribution in [0.1, 0.15) is 33.6 Å². The maximum atomic E-state index is 12.6. The third-order valence-corrected chi connectivity index (χ3v) is 4.42. The fraction of sp³-hybridized carbons (Fsp3) is 0.278. The van der Waals surface area contributed by atoms with Crippen LogP contribution in [0.25, 0.3) is 0 Å². The highest BCUT2D eigenvalue weighted by molar-refractivity contribution is 6.07. The van der Waals surface area contributed by atoms with Gasteiger partial charge in [-0.3, -0.25) is 24.5 Å². The van der Waals surface area contributed by atoms with Gasteiger partial charge in [0.15, 0.2) is 0 Å². The number of aromatic nitrogens is 1. The van der Waals surface area contributed by atoms with Gasteiger partial charge in [-0.15, -0.1) is 0 Å². The second-order valence-electron chi connectivity index (χ2n) is 6.29. The summed E-state index contributed by atoms with van der Waals surface area (Å²) in [6.07, 6.45) is 3.28. The van der Waals surface area contributed by atoms with E-state index < -0.39 is 16.4 Å². The standard InChI is InChI=1S/C18H18N4O5/c1-20-11-12(17(24)21-8-4-5-9-21)10-14(18(20)25)19-16(23)13-6-2-3-7-15(13)22(26)27/h2-3,6-7,10-11H,4-5,8-9H2,1H3,(H,19,23). The first-order valence-corrected chi connectivity index (χ1v) is 8.43. The van der Waals surface area contributed by atoms with Crippen LogP contribution in [-0.2, 0) is 7.05 Å². The number of hydrogen-bond donors (Lipinski definition) is 1. The Hall–Kier alpha value is -3.49. The molecule has 1 aromatic heterocycles. The van der Waals surface area contributed by atoms with Gasteiger partial charge in [-0.1, -0.05) is 12.1 Å². The van der Waals surface area contributed by atoms with E-state index in [1.807, 2.05) is 0 Å². The first-order chi connectivity index (χ1) is 12.9. The molecule has 2 heterocycles. The van der Waals surface area contributed by atoms with Crippen molar-refractivity contribution in [2.24, 2.45) is 7.05 Å². The van der Waals surface area contributed by atoms with Crippen molar-refractivity contribution in [2.45, 2.75) is 12.8 Å². The Morgan fingerprint density at radius 2 is 1.85 bits per heavy atom. The van der Waals surface area contributed by atoms with Crippen LogP contribution >= 0.6 is 0 Å². The third kappa shape index (κ3) is 3.71. The van der Waals surface area contributed by atoms with Gasteiger partial charge in [-0.05, 0) is 25.0 Å². The summed E-state index contributed by atoms with van der Waals surface area (Å²) in [5.74, 6) is -1.01. The van der Waals surface area contributed by atoms with Gasteiger partial charge in [0.25, 0.3) is 23.1 Å². The van der Waals surface area contributed by atoms with Gasteiger partial charge in [0.2, 0.25) is 0 Å². The number of likely N-dealkylation sites (tertiary alicyclic amines) is 1. The molecule has 0 bridgehead atoms. The molecule has 1 N–H and O–H groups in total. The SMILES string of the molecule is Cn1cc(C(=O)N2CCCC2)cc(NC(=O)c2ccccc2[N+](=O)[O-])c1=O. The van der Waals surface area contributed by atoms with Crippen molar-refractivity contribution in [3.8, 4) is 0 Å². The lowest BCUT2D eigenvalue weighted by molar-refractivity contribution is -0.385. The molecule has 3 rings (SSSR count). The van der Waals surface area contributed by atoms with E-state index in [1.165, 1.54) is 48.1 Å². The average molecular weight is 370 g/mol. The van der Waals surface area contributed by atoms with Gasteiger partial charge in [0, 0.05) is 32.4 Å². The molecule has 0 unspecified atom stereocenters. The first-order valence-electron chi connectivity index (χ1n) is 8.43. The predicted octanol–water partition coefficient (Wildman–Crippen LogP) is 1.78. The smallest absolute Gasteiger partial charge is 0.282 e. The van der Waals surface area contributed by atoms with E-state index >= 15 is 0 Å². The fourth-order valence-electron chi connectivity index (χ4n) is 3.04. The van der Waals surface area contributed by atoms with E-state index in [-0.39, 0.29) is 28.4 Å². The van der Waals surface area contributed by atoms with E-state index in [0.717, 1.165) is 12.8 Å². The van der Waals surface area contributed by atoms with Crippen LogP contribution in [0.15, 0.2) is 41.3 Å². The highest BCUT2D eigenvalue weighted by Crippen LogP contribution is 2.19. The third-order valence-electron chi connectivity index (χ3n) is 4.42. The van der Waals surface area contributed by atoms with Crippen LogP contribution in [-0.4, -0.2) is 39.3 Å². The number of carbonyl (C=O) groups is 2. The Bertz CT molecular complexity index is 976. The molecule has 9 nitrogen and oxygen atoms in total. The number of pyridine rings is 1. The van der Waals surface area contributed by atoms with Crippen molar-refractivity contribution < 1.29 is 14.5 Å². The molecule has 1 fully saturated rings. The minimum atomic E-state index is -0.787. The van der Waals surface area contributed by atoms with Crippen LogP contribution in [0.4, 0.5) is 11.4 Å². The molecule has 1 aliphatic heterocycles. The molecule has 27 heavy (non-hydrogen) atoms. The van der Waals surface area contributed by atoms with E-state index in [2.05, 4.69) is 5.32 Å². The number of nitrogens with one attached hydrogen (secondary N) is 1. The number of rotatable bonds is 4. The summed E-state index contributed by atoms with van der Waals surface area (Å²) in [5, 5.41) is 13.5. The van der Waals surface area contributed by atoms with Crippen LogP contribution in [0.3, 0.4) is 0 Å². The number of amides is 2. The van der Waals surface area contributed by atoms with E-state index in [0.29, 0.717) is 13.1 Å². The van der Waals surface area contributed by atoms with Gasteiger partial charge >= 0.3 is 0 Å². The second-order valence-corrected chi connectivity index (χ2v) is 6.29. The lowest BCUT2D eigenvalue weighted by atomic mass is 10.1. The van der Waals surface area contributed by atoms with Crippen molar-refractivity contribution in [1.82, 2.24) is 9.47 Å². The van der Waals surface area contributed by atoms with Crippen LogP contribution in [0.5, 0.6) is 0 Å². The van der Waals surface area contributed by atoms with Gasteiger partial charge in [0.05, 0.1) is 10.5 Å². The Kier molecular flexibility index (Phi) is 5.02. The van der Waals surface area contributed by atoms with Crippen molar-refractivity contribution in [3.05, 3.63) is 68.1 Å². The van der Waals surface area contributed by atoms with Crippen molar-refractivity contribution in [2.75, 3.05) is 18.4 Å². The molecular weight excluding hydrogens is 352 g/mol. The van der Waals surface area contributed by atoms with E-state index in [4.69, 9.17) is 0 Å². The molecule has 0 saturated carbocycles. The molecule has 140 valence electrons. The number of para-hydroxylation sites is 1. The molecule has 2 amide bonds. The highest BCUT2D eigenvalue weighted by Gasteiger charge is 2.23. The monoisotopic (exact) mass is 370 g/mol. The Labute approximate surface area is 154 Å². The Morgan fingerprint density at radius 1 is 1.19 bits per heavy atom. The summed E-state index contributed by atoms with van der Waals surface area (Å²) < 4.78 is 1.21. The molecule has 0 aliphatic carbocycles. The highest BCUT2D eigenvalue weighted by atomic mass is 16.6. The van der Waals surface area contributed by atoms with Crippen molar-refractivity contribution >= 4 is 23.2 Å². The Balaban J connectivity index is 1.93. The molecule has 1 aliphatic rings. The first kappa shape index (κ1) is 18.3. The normalized spacial score (nSPS) is 13.4. The summed E-state index contributed by atoms with van der Waals surface area (Å²) in [6, 6.07) is 6.77. The van der Waals surface area contributed by atoms with Gasteiger partial charge in [-0.25, -0.2) is 0 Å². The topological polar surface area (TPSA) is 115 Å². The van der Waals surface area contributed by atoms with E-state index in [1.54, 1.807) is 4.90 Å². The number of aryl methyl sites for hydroxylation is 1. The number of benzene rings is 1. The number of hydrogen-bond acceptors (Lipinski definition) is 5. The maximum Gasteiger partial charge on any atom is 0.282 e. The summed E-state index contributed by atoms with van der Waals surface area (Å²) in [7, 11) is 1.48. The number of nitro groups is 1. The molecule has 1 aromatic carbocycles. The van der Waals surface area contributed by atoms with Gasteiger partial charge < -0.3 is 14.8 Å². The average Bonchev–Trinajstić information content (AvgIpc) is 3.19. The molecule has 0 spiro atoms. The zero-order chi connectivity index (χ0) is 19.6. The molecule has 9 heteroatoms. The number of anilines is 1. The molecule has 1 saturated heterocycles. The minimum absolute atomic E-state index is 0.106. The van der Waals surface area contributed by atoms with Crippen molar-refractivity contribution in [3.63, 3.8) is 0 Å². The van der Waals surface area contributed by atoms with Gasteiger partial charge in [-0.2, -0.15) is 0 Å². The summed E-state index contributed by atoms with van der Waals surface area (Å²) >= 11 is 0. The minimum Gasteiger partial charge on any atom is -0.339 e. The lowest BCUT2D eigenvalue weighted by Crippen LogP contribution is -2.31. The maximum absolute atomic E-state index is 12.6. The quantitative estimate of drug-likeness (QED) is 0.651. The number of nitro benzene ring substituents is 1. The van der Waals surface area contributed by atoms with E-state index in [9.17, 15) is 24.5 Å². The lowest BCUT2D eigenvalue weighted by Gasteiger charge is -2.16. The zero-order valence-electron chi connectivity index (χ0n) is 14.7. The summed E-state index contributed by atoms with van der Waals surface area (Å²) in [5.41, 5.74) is -0.876. The van der Waals surface area contributed by atoms with Crippen molar-refractivity contribution in [1.29, 1.82) is 0 Å². The molecule has 0 atom stereocenters.